The van der Waals surface area contributed by atoms with Crippen LogP contribution in [0.25, 0.3) is 0 Å². The first kappa shape index (κ1) is 15.8. The molecule has 2 saturated heterocycles. The molecule has 0 aromatic carbocycles. The molecule has 116 valence electrons. The lowest BCUT2D eigenvalue weighted by atomic mass is 10.1. The van der Waals surface area contributed by atoms with E-state index in [4.69, 9.17) is 5.26 Å². The first-order chi connectivity index (χ1) is 10.3. The smallest absolute Gasteiger partial charge is 0.265 e. The fraction of sp³-hybridized carbons (Fsp3) is 0.733. The maximum Gasteiger partial charge on any atom is 0.265 e. The molecule has 0 aliphatic carbocycles. The van der Waals surface area contributed by atoms with Gasteiger partial charge in [0.05, 0.1) is 0 Å². The summed E-state index contributed by atoms with van der Waals surface area (Å²) in [4.78, 5) is 16.4. The number of carbonyl (C=O) groups excluding carboxylic acids is 1. The van der Waals surface area contributed by atoms with Gasteiger partial charge in [-0.3, -0.25) is 9.69 Å². The summed E-state index contributed by atoms with van der Waals surface area (Å²) < 4.78 is 0. The molecule has 0 radical (unpaired) electrons. The molecule has 2 fully saturated rings. The van der Waals surface area contributed by atoms with Crippen molar-refractivity contribution in [2.75, 3.05) is 52.4 Å². The Morgan fingerprint density at radius 1 is 1.19 bits per heavy atom. The van der Waals surface area contributed by atoms with E-state index in [2.05, 4.69) is 15.5 Å². The van der Waals surface area contributed by atoms with Crippen LogP contribution >= 0.6 is 0 Å². The van der Waals surface area contributed by atoms with E-state index in [0.29, 0.717) is 0 Å². The van der Waals surface area contributed by atoms with Gasteiger partial charge in [-0.15, -0.1) is 0 Å². The van der Waals surface area contributed by atoms with Gasteiger partial charge >= 0.3 is 0 Å². The number of hydrogen-bond acceptors (Lipinski definition) is 5. The van der Waals surface area contributed by atoms with Gasteiger partial charge in [0.15, 0.2) is 0 Å². The summed E-state index contributed by atoms with van der Waals surface area (Å²) in [6.45, 7) is 7.44. The van der Waals surface area contributed by atoms with Gasteiger partial charge in [0.2, 0.25) is 0 Å². The average Bonchev–Trinajstić information content (AvgIpc) is 2.56. The number of piperidine rings is 1. The van der Waals surface area contributed by atoms with E-state index >= 15 is 0 Å². The molecule has 0 aromatic rings. The lowest BCUT2D eigenvalue weighted by Crippen LogP contribution is -2.45. The molecule has 21 heavy (non-hydrogen) atoms. The molecule has 2 aliphatic rings. The predicted octanol–water partition coefficient (Wildman–Crippen LogP) is -0.0988. The Morgan fingerprint density at radius 3 is 2.57 bits per heavy atom. The van der Waals surface area contributed by atoms with Gasteiger partial charge in [-0.25, -0.2) is 0 Å². The molecule has 0 bridgehead atoms. The van der Waals surface area contributed by atoms with Crippen molar-refractivity contribution >= 4 is 5.91 Å². The SMILES string of the molecule is N#C/C(=C/NCCN1CCNCC1)C(=O)N1CCCCC1. The maximum absolute atomic E-state index is 12.2. The number of likely N-dealkylation sites (tertiary alicyclic amines) is 1. The zero-order chi connectivity index (χ0) is 14.9. The van der Waals surface area contributed by atoms with E-state index in [1.54, 1.807) is 11.1 Å². The Balaban J connectivity index is 1.74. The van der Waals surface area contributed by atoms with Crippen LogP contribution < -0.4 is 10.6 Å². The molecule has 2 heterocycles. The van der Waals surface area contributed by atoms with E-state index < -0.39 is 0 Å². The summed E-state index contributed by atoms with van der Waals surface area (Å²) in [7, 11) is 0. The number of nitriles is 1. The van der Waals surface area contributed by atoms with Crippen molar-refractivity contribution in [1.29, 1.82) is 5.26 Å². The number of piperazine rings is 1. The fourth-order valence-electron chi connectivity index (χ4n) is 2.74. The third kappa shape index (κ3) is 5.03. The fourth-order valence-corrected chi connectivity index (χ4v) is 2.74. The maximum atomic E-state index is 12.2. The minimum Gasteiger partial charge on any atom is -0.388 e. The third-order valence-corrected chi connectivity index (χ3v) is 4.02. The van der Waals surface area contributed by atoms with Crippen molar-refractivity contribution in [2.45, 2.75) is 19.3 Å². The van der Waals surface area contributed by atoms with Crippen molar-refractivity contribution in [2.24, 2.45) is 0 Å². The van der Waals surface area contributed by atoms with Crippen LogP contribution in [0.3, 0.4) is 0 Å². The Bertz CT molecular complexity index is 403. The summed E-state index contributed by atoms with van der Waals surface area (Å²) in [6, 6.07) is 2.02. The molecule has 0 aromatic heterocycles. The highest BCUT2D eigenvalue weighted by Crippen LogP contribution is 2.11. The predicted molar refractivity (Wildman–Crippen MR) is 81.4 cm³/mol. The monoisotopic (exact) mass is 291 g/mol. The van der Waals surface area contributed by atoms with Crippen LogP contribution in [-0.2, 0) is 4.79 Å². The van der Waals surface area contributed by atoms with Gasteiger partial charge in [-0.1, -0.05) is 0 Å². The minimum absolute atomic E-state index is 0.133. The highest BCUT2D eigenvalue weighted by atomic mass is 16.2. The van der Waals surface area contributed by atoms with Crippen LogP contribution in [0, 0.1) is 11.3 Å². The van der Waals surface area contributed by atoms with Gasteiger partial charge in [0.1, 0.15) is 11.6 Å². The third-order valence-electron chi connectivity index (χ3n) is 4.02. The van der Waals surface area contributed by atoms with Crippen LogP contribution in [0.2, 0.25) is 0 Å². The van der Waals surface area contributed by atoms with Crippen LogP contribution in [0.4, 0.5) is 0 Å². The average molecular weight is 291 g/mol. The topological polar surface area (TPSA) is 71.4 Å². The molecule has 0 spiro atoms. The Morgan fingerprint density at radius 2 is 1.90 bits per heavy atom. The molecule has 0 unspecified atom stereocenters. The zero-order valence-corrected chi connectivity index (χ0v) is 12.6. The van der Waals surface area contributed by atoms with E-state index in [9.17, 15) is 4.79 Å². The largest absolute Gasteiger partial charge is 0.388 e. The van der Waals surface area contributed by atoms with Crippen LogP contribution in [-0.4, -0.2) is 68.1 Å². The van der Waals surface area contributed by atoms with Crippen molar-refractivity contribution < 1.29 is 4.79 Å². The summed E-state index contributed by atoms with van der Waals surface area (Å²) in [6.07, 6.45) is 4.85. The lowest BCUT2D eigenvalue weighted by molar-refractivity contribution is -0.127. The first-order valence-corrected chi connectivity index (χ1v) is 7.87. The van der Waals surface area contributed by atoms with Crippen LogP contribution in [0.5, 0.6) is 0 Å². The second-order valence-electron chi connectivity index (χ2n) is 5.57. The molecule has 2 rings (SSSR count). The highest BCUT2D eigenvalue weighted by molar-refractivity contribution is 5.97. The van der Waals surface area contributed by atoms with Crippen molar-refractivity contribution in [3.8, 4) is 6.07 Å². The Kier molecular flexibility index (Phi) is 6.51. The number of amides is 1. The summed E-state index contributed by atoms with van der Waals surface area (Å²) >= 11 is 0. The first-order valence-electron chi connectivity index (χ1n) is 7.87. The second-order valence-corrected chi connectivity index (χ2v) is 5.57. The van der Waals surface area contributed by atoms with Crippen molar-refractivity contribution in [1.82, 2.24) is 20.4 Å². The van der Waals surface area contributed by atoms with Crippen LogP contribution in [0.1, 0.15) is 19.3 Å². The highest BCUT2D eigenvalue weighted by Gasteiger charge is 2.20. The van der Waals surface area contributed by atoms with E-state index in [1.807, 2.05) is 6.07 Å². The summed E-state index contributed by atoms with van der Waals surface area (Å²) in [5, 5.41) is 15.6. The van der Waals surface area contributed by atoms with Gasteiger partial charge in [0, 0.05) is 58.6 Å². The normalized spacial score (nSPS) is 20.9. The molecule has 0 atom stereocenters. The quantitative estimate of drug-likeness (QED) is 0.420. The Hall–Kier alpha value is -1.58. The number of nitrogens with zero attached hydrogens (tertiary/aromatic N) is 3. The molecule has 0 saturated carbocycles. The van der Waals surface area contributed by atoms with Gasteiger partial charge in [-0.05, 0) is 19.3 Å². The Labute approximate surface area is 126 Å². The minimum atomic E-state index is -0.133. The molecule has 2 aliphatic heterocycles. The van der Waals surface area contributed by atoms with Crippen LogP contribution in [0.15, 0.2) is 11.8 Å². The summed E-state index contributed by atoms with van der Waals surface area (Å²) in [5.74, 6) is -0.133. The number of carbonyl (C=O) groups is 1. The zero-order valence-electron chi connectivity index (χ0n) is 12.6. The summed E-state index contributed by atoms with van der Waals surface area (Å²) in [5.41, 5.74) is 0.220. The van der Waals surface area contributed by atoms with E-state index in [-0.39, 0.29) is 11.5 Å². The molecule has 6 heteroatoms. The molecule has 1 amide bonds. The van der Waals surface area contributed by atoms with Gasteiger partial charge in [-0.2, -0.15) is 5.26 Å². The standard InChI is InChI=1S/C15H25N5O/c16-12-14(15(21)20-7-2-1-3-8-20)13-18-6-11-19-9-4-17-5-10-19/h13,17-18H,1-11H2/b14-13-. The molecular weight excluding hydrogens is 266 g/mol. The second kappa shape index (κ2) is 8.65. The number of nitrogens with one attached hydrogen (secondary N) is 2. The number of rotatable bonds is 5. The van der Waals surface area contributed by atoms with E-state index in [0.717, 1.165) is 65.2 Å². The van der Waals surface area contributed by atoms with Gasteiger partial charge in [0.25, 0.3) is 5.91 Å². The molecule has 6 nitrogen and oxygen atoms in total. The van der Waals surface area contributed by atoms with Gasteiger partial charge < -0.3 is 15.5 Å². The van der Waals surface area contributed by atoms with Crippen molar-refractivity contribution in [3.63, 3.8) is 0 Å². The van der Waals surface area contributed by atoms with Crippen molar-refractivity contribution in [3.05, 3.63) is 11.8 Å². The van der Waals surface area contributed by atoms with E-state index in [1.165, 1.54) is 6.42 Å². The molecular formula is C15H25N5O. The number of hydrogen-bond donors (Lipinski definition) is 2. The molecule has 2 N–H and O–H groups in total. The lowest BCUT2D eigenvalue weighted by Gasteiger charge is -2.27.